The van der Waals surface area contributed by atoms with Crippen LogP contribution in [0.3, 0.4) is 0 Å². The highest BCUT2D eigenvalue weighted by Gasteiger charge is 2.56. The quantitative estimate of drug-likeness (QED) is 0.720. The van der Waals surface area contributed by atoms with Gasteiger partial charge in [-0.2, -0.15) is 0 Å². The van der Waals surface area contributed by atoms with E-state index in [0.29, 0.717) is 12.5 Å². The summed E-state index contributed by atoms with van der Waals surface area (Å²) in [5.41, 5.74) is 5.70. The monoisotopic (exact) mass is 197 g/mol. The molecule has 0 saturated heterocycles. The standard InChI is InChI=1S/C11H19NO2/c1-7-2-8-4-11(6-12,5-10(13)14)9(8)3-7/h7-9H,2-6,12H2,1H3,(H,13,14)/t7-,8-,9-,11-/m0/s1. The van der Waals surface area contributed by atoms with Gasteiger partial charge in [-0.1, -0.05) is 6.92 Å². The van der Waals surface area contributed by atoms with E-state index >= 15 is 0 Å². The predicted molar refractivity (Wildman–Crippen MR) is 53.7 cm³/mol. The third-order valence-corrected chi connectivity index (χ3v) is 4.30. The van der Waals surface area contributed by atoms with Gasteiger partial charge in [-0.25, -0.2) is 0 Å². The molecule has 3 heteroatoms. The van der Waals surface area contributed by atoms with Gasteiger partial charge in [0.15, 0.2) is 0 Å². The topological polar surface area (TPSA) is 63.3 Å². The molecule has 2 rings (SSSR count). The summed E-state index contributed by atoms with van der Waals surface area (Å²) in [5, 5.41) is 8.88. The van der Waals surface area contributed by atoms with Crippen LogP contribution in [0.2, 0.25) is 0 Å². The van der Waals surface area contributed by atoms with Crippen LogP contribution in [0.15, 0.2) is 0 Å². The Balaban J connectivity index is 2.06. The maximum Gasteiger partial charge on any atom is 0.303 e. The number of aliphatic carboxylic acids is 1. The lowest BCUT2D eigenvalue weighted by Gasteiger charge is -2.51. The summed E-state index contributed by atoms with van der Waals surface area (Å²) >= 11 is 0. The maximum atomic E-state index is 10.8. The van der Waals surface area contributed by atoms with Crippen molar-refractivity contribution >= 4 is 5.97 Å². The van der Waals surface area contributed by atoms with Crippen molar-refractivity contribution in [3.05, 3.63) is 0 Å². The average Bonchev–Trinajstić information content (AvgIpc) is 2.39. The third kappa shape index (κ3) is 1.34. The summed E-state index contributed by atoms with van der Waals surface area (Å²) in [5.74, 6) is 1.45. The summed E-state index contributed by atoms with van der Waals surface area (Å²) in [6.45, 7) is 2.81. The Morgan fingerprint density at radius 3 is 2.79 bits per heavy atom. The lowest BCUT2D eigenvalue weighted by Crippen LogP contribution is -2.51. The van der Waals surface area contributed by atoms with Crippen LogP contribution in [0.1, 0.15) is 32.6 Å². The fourth-order valence-corrected chi connectivity index (χ4v) is 3.70. The molecular formula is C11H19NO2. The Hall–Kier alpha value is -0.570. The van der Waals surface area contributed by atoms with Crippen molar-refractivity contribution in [3.63, 3.8) is 0 Å². The largest absolute Gasteiger partial charge is 0.481 e. The first-order valence-electron chi connectivity index (χ1n) is 5.49. The van der Waals surface area contributed by atoms with Crippen LogP contribution in [0.25, 0.3) is 0 Å². The molecule has 0 heterocycles. The zero-order valence-corrected chi connectivity index (χ0v) is 8.70. The Bertz CT molecular complexity index is 254. The Morgan fingerprint density at radius 1 is 1.57 bits per heavy atom. The van der Waals surface area contributed by atoms with Crippen molar-refractivity contribution in [2.45, 2.75) is 32.6 Å². The molecule has 2 aliphatic rings. The van der Waals surface area contributed by atoms with Gasteiger partial charge < -0.3 is 10.8 Å². The Morgan fingerprint density at radius 2 is 2.29 bits per heavy atom. The van der Waals surface area contributed by atoms with E-state index in [2.05, 4.69) is 6.92 Å². The van der Waals surface area contributed by atoms with Crippen molar-refractivity contribution in [1.29, 1.82) is 0 Å². The number of nitrogens with two attached hydrogens (primary N) is 1. The van der Waals surface area contributed by atoms with Crippen molar-refractivity contribution in [2.24, 2.45) is 28.9 Å². The second kappa shape index (κ2) is 3.23. The van der Waals surface area contributed by atoms with Gasteiger partial charge in [-0.15, -0.1) is 0 Å². The first-order chi connectivity index (χ1) is 6.57. The van der Waals surface area contributed by atoms with Crippen LogP contribution >= 0.6 is 0 Å². The summed E-state index contributed by atoms with van der Waals surface area (Å²) in [7, 11) is 0. The van der Waals surface area contributed by atoms with Crippen molar-refractivity contribution < 1.29 is 9.90 Å². The van der Waals surface area contributed by atoms with Crippen LogP contribution < -0.4 is 5.73 Å². The van der Waals surface area contributed by atoms with Gasteiger partial charge in [-0.3, -0.25) is 4.79 Å². The summed E-state index contributed by atoms with van der Waals surface area (Å²) in [6.07, 6.45) is 3.80. The third-order valence-electron chi connectivity index (χ3n) is 4.30. The first-order valence-corrected chi connectivity index (χ1v) is 5.49. The van der Waals surface area contributed by atoms with Crippen LogP contribution in [0, 0.1) is 23.2 Å². The fourth-order valence-electron chi connectivity index (χ4n) is 3.70. The molecule has 3 N–H and O–H groups in total. The van der Waals surface area contributed by atoms with E-state index in [0.717, 1.165) is 18.3 Å². The minimum Gasteiger partial charge on any atom is -0.481 e. The molecule has 0 spiro atoms. The van der Waals surface area contributed by atoms with Crippen LogP contribution in [-0.4, -0.2) is 17.6 Å². The van der Waals surface area contributed by atoms with Crippen molar-refractivity contribution in [2.75, 3.05) is 6.54 Å². The van der Waals surface area contributed by atoms with E-state index in [1.807, 2.05) is 0 Å². The maximum absolute atomic E-state index is 10.8. The molecule has 0 bridgehead atoms. The summed E-state index contributed by atoms with van der Waals surface area (Å²) < 4.78 is 0. The lowest BCUT2D eigenvalue weighted by molar-refractivity contribution is -0.145. The number of rotatable bonds is 3. The van der Waals surface area contributed by atoms with Gasteiger partial charge in [0, 0.05) is 0 Å². The van der Waals surface area contributed by atoms with Gasteiger partial charge in [0.2, 0.25) is 0 Å². The minimum absolute atomic E-state index is 0.0543. The summed E-state index contributed by atoms with van der Waals surface area (Å²) in [4.78, 5) is 10.8. The predicted octanol–water partition coefficient (Wildman–Crippen LogP) is 1.47. The Labute approximate surface area is 84.7 Å². The summed E-state index contributed by atoms with van der Waals surface area (Å²) in [6, 6.07) is 0. The van der Waals surface area contributed by atoms with Gasteiger partial charge in [-0.05, 0) is 49.0 Å². The second-order valence-electron chi connectivity index (χ2n) is 5.28. The van der Waals surface area contributed by atoms with E-state index in [1.54, 1.807) is 0 Å². The average molecular weight is 197 g/mol. The van der Waals surface area contributed by atoms with Gasteiger partial charge in [0.1, 0.15) is 0 Å². The van der Waals surface area contributed by atoms with Crippen LogP contribution in [0.4, 0.5) is 0 Å². The number of hydrogen-bond acceptors (Lipinski definition) is 2. The van der Waals surface area contributed by atoms with Gasteiger partial charge in [0.25, 0.3) is 0 Å². The minimum atomic E-state index is -0.687. The number of carboxylic acids is 1. The van der Waals surface area contributed by atoms with E-state index in [9.17, 15) is 4.79 Å². The molecule has 2 aliphatic carbocycles. The molecule has 0 aromatic heterocycles. The van der Waals surface area contributed by atoms with Gasteiger partial charge in [0.05, 0.1) is 6.42 Å². The molecule has 0 aromatic rings. The molecule has 0 radical (unpaired) electrons. The highest BCUT2D eigenvalue weighted by Crippen LogP contribution is 2.61. The first kappa shape index (κ1) is 9.97. The SMILES string of the molecule is C[C@H]1C[C@H]2C[C@@](CN)(CC(=O)O)[C@H]2C1. The normalized spacial score (nSPS) is 45.7. The fraction of sp³-hybridized carbons (Fsp3) is 0.909. The van der Waals surface area contributed by atoms with Gasteiger partial charge >= 0.3 is 5.97 Å². The molecule has 3 nitrogen and oxygen atoms in total. The second-order valence-corrected chi connectivity index (χ2v) is 5.28. The number of hydrogen-bond donors (Lipinski definition) is 2. The lowest BCUT2D eigenvalue weighted by atomic mass is 9.53. The zero-order valence-electron chi connectivity index (χ0n) is 8.70. The number of carbonyl (C=O) groups is 1. The molecule has 2 saturated carbocycles. The molecule has 80 valence electrons. The van der Waals surface area contributed by atoms with Crippen molar-refractivity contribution in [3.8, 4) is 0 Å². The molecule has 0 amide bonds. The highest BCUT2D eigenvalue weighted by atomic mass is 16.4. The molecular weight excluding hydrogens is 178 g/mol. The van der Waals surface area contributed by atoms with Crippen LogP contribution in [-0.2, 0) is 4.79 Å². The van der Waals surface area contributed by atoms with E-state index in [-0.39, 0.29) is 11.8 Å². The molecule has 0 aromatic carbocycles. The van der Waals surface area contributed by atoms with E-state index in [4.69, 9.17) is 10.8 Å². The molecule has 2 fully saturated rings. The van der Waals surface area contributed by atoms with Crippen LogP contribution in [0.5, 0.6) is 0 Å². The zero-order chi connectivity index (χ0) is 10.3. The molecule has 0 unspecified atom stereocenters. The van der Waals surface area contributed by atoms with E-state index < -0.39 is 5.97 Å². The Kier molecular flexibility index (Phi) is 2.30. The number of fused-ring (bicyclic) bond motifs is 1. The van der Waals surface area contributed by atoms with E-state index in [1.165, 1.54) is 12.8 Å². The smallest absolute Gasteiger partial charge is 0.303 e. The molecule has 4 atom stereocenters. The molecule has 14 heavy (non-hydrogen) atoms. The molecule has 0 aliphatic heterocycles. The number of carboxylic acid groups (broad SMARTS) is 1. The van der Waals surface area contributed by atoms with Crippen molar-refractivity contribution in [1.82, 2.24) is 0 Å². The highest BCUT2D eigenvalue weighted by molar-refractivity contribution is 5.68.